The summed E-state index contributed by atoms with van der Waals surface area (Å²) in [5, 5.41) is 0. The van der Waals surface area contributed by atoms with Gasteiger partial charge in [-0.25, -0.2) is 0 Å². The minimum atomic E-state index is -3.80. The Labute approximate surface area is 110 Å². The van der Waals surface area contributed by atoms with Crippen molar-refractivity contribution in [2.24, 2.45) is 0 Å². The third-order valence-electron chi connectivity index (χ3n) is 2.60. The Morgan fingerprint density at radius 2 is 1.68 bits per heavy atom. The summed E-state index contributed by atoms with van der Waals surface area (Å²) < 4.78 is 26.6. The highest BCUT2D eigenvalue weighted by Crippen LogP contribution is 2.49. The fourth-order valence-corrected chi connectivity index (χ4v) is 2.46. The van der Waals surface area contributed by atoms with Gasteiger partial charge in [0.05, 0.1) is 0 Å². The second-order valence-corrected chi connectivity index (χ2v) is 5.83. The van der Waals surface area contributed by atoms with Crippen molar-refractivity contribution in [2.75, 3.05) is 14.2 Å². The van der Waals surface area contributed by atoms with Gasteiger partial charge in [0, 0.05) is 19.8 Å². The average Bonchev–Trinajstić information content (AvgIpc) is 2.96. The second-order valence-electron chi connectivity index (χ2n) is 3.70. The van der Waals surface area contributed by atoms with Crippen molar-refractivity contribution in [2.45, 2.75) is 0 Å². The van der Waals surface area contributed by atoms with Gasteiger partial charge in [0.2, 0.25) is 0 Å². The number of carbonyl (C=O) groups excluding carboxylic acids is 1. The Morgan fingerprint density at radius 1 is 1.05 bits per heavy atom. The fourth-order valence-electron chi connectivity index (χ4n) is 1.59. The van der Waals surface area contributed by atoms with Crippen LogP contribution in [-0.4, -0.2) is 19.7 Å². The maximum Gasteiger partial charge on any atom is 0.404 e. The fraction of sp³-hybridized carbons (Fsp3) is 0.154. The molecule has 1 aromatic carbocycles. The molecule has 0 saturated carbocycles. The molecule has 0 saturated heterocycles. The zero-order chi connectivity index (χ0) is 13.9. The molecule has 0 atom stereocenters. The molecule has 0 radical (unpaired) electrons. The standard InChI is InChI=1S/C13H13O5P/c1-16-19(15,17-2)13(14)12-9-8-11(18-12)10-6-4-3-5-7-10/h3-9H,1-2H3. The number of benzene rings is 1. The summed E-state index contributed by atoms with van der Waals surface area (Å²) in [6, 6.07) is 12.4. The molecule has 0 amide bonds. The maximum absolute atomic E-state index is 12.0. The molecule has 0 fully saturated rings. The molecule has 1 heterocycles. The zero-order valence-electron chi connectivity index (χ0n) is 10.5. The van der Waals surface area contributed by atoms with Crippen LogP contribution in [0.15, 0.2) is 46.9 Å². The van der Waals surface area contributed by atoms with Gasteiger partial charge < -0.3 is 13.5 Å². The maximum atomic E-state index is 12.0. The SMILES string of the molecule is COP(=O)(OC)C(=O)c1ccc(-c2ccccc2)o1. The van der Waals surface area contributed by atoms with Crippen molar-refractivity contribution >= 4 is 13.1 Å². The molecule has 0 aliphatic rings. The van der Waals surface area contributed by atoms with E-state index in [0.717, 1.165) is 19.8 Å². The van der Waals surface area contributed by atoms with E-state index in [1.165, 1.54) is 6.07 Å². The number of rotatable bonds is 5. The first-order chi connectivity index (χ1) is 9.10. The van der Waals surface area contributed by atoms with Crippen LogP contribution in [0.25, 0.3) is 11.3 Å². The van der Waals surface area contributed by atoms with Gasteiger partial charge in [-0.05, 0) is 12.1 Å². The molecule has 0 N–H and O–H groups in total. The summed E-state index contributed by atoms with van der Waals surface area (Å²) in [6.07, 6.45) is 0. The molecule has 0 unspecified atom stereocenters. The molecule has 6 heteroatoms. The zero-order valence-corrected chi connectivity index (χ0v) is 11.4. The molecule has 100 valence electrons. The van der Waals surface area contributed by atoms with Gasteiger partial charge in [-0.3, -0.25) is 9.36 Å². The summed E-state index contributed by atoms with van der Waals surface area (Å²) in [5.41, 5.74) is 0.0332. The molecule has 19 heavy (non-hydrogen) atoms. The summed E-state index contributed by atoms with van der Waals surface area (Å²) in [5.74, 6) is 0.466. The van der Waals surface area contributed by atoms with E-state index in [2.05, 4.69) is 9.05 Å². The van der Waals surface area contributed by atoms with Gasteiger partial charge in [0.15, 0.2) is 5.76 Å². The summed E-state index contributed by atoms with van der Waals surface area (Å²) in [4.78, 5) is 12.0. The van der Waals surface area contributed by atoms with Crippen molar-refractivity contribution in [3.8, 4) is 11.3 Å². The molecule has 2 aromatic rings. The van der Waals surface area contributed by atoms with Crippen molar-refractivity contribution in [3.05, 3.63) is 48.2 Å². The molecule has 0 bridgehead atoms. The van der Waals surface area contributed by atoms with Crippen molar-refractivity contribution in [1.82, 2.24) is 0 Å². The van der Waals surface area contributed by atoms with Gasteiger partial charge in [0.25, 0.3) is 0 Å². The lowest BCUT2D eigenvalue weighted by molar-refractivity contribution is 0.0997. The lowest BCUT2D eigenvalue weighted by atomic mass is 10.2. The highest BCUT2D eigenvalue weighted by molar-refractivity contribution is 7.72. The quantitative estimate of drug-likeness (QED) is 0.783. The van der Waals surface area contributed by atoms with E-state index in [1.54, 1.807) is 6.07 Å². The van der Waals surface area contributed by atoms with Crippen LogP contribution in [0.4, 0.5) is 0 Å². The van der Waals surface area contributed by atoms with E-state index in [-0.39, 0.29) is 5.76 Å². The molecular weight excluding hydrogens is 267 g/mol. The highest BCUT2D eigenvalue weighted by Gasteiger charge is 2.35. The normalized spacial score (nSPS) is 11.5. The second kappa shape index (κ2) is 5.53. The van der Waals surface area contributed by atoms with E-state index >= 15 is 0 Å². The van der Waals surface area contributed by atoms with Gasteiger partial charge in [-0.2, -0.15) is 0 Å². The van der Waals surface area contributed by atoms with Crippen molar-refractivity contribution in [1.29, 1.82) is 0 Å². The van der Waals surface area contributed by atoms with Gasteiger partial charge in [-0.15, -0.1) is 0 Å². The first kappa shape index (κ1) is 13.7. The largest absolute Gasteiger partial charge is 0.452 e. The molecule has 0 aliphatic carbocycles. The van der Waals surface area contributed by atoms with Crippen molar-refractivity contribution in [3.63, 3.8) is 0 Å². The van der Waals surface area contributed by atoms with Crippen LogP contribution in [0.1, 0.15) is 10.6 Å². The van der Waals surface area contributed by atoms with Crippen LogP contribution in [-0.2, 0) is 13.6 Å². The minimum Gasteiger partial charge on any atom is -0.452 e. The molecule has 1 aromatic heterocycles. The summed E-state index contributed by atoms with van der Waals surface area (Å²) in [6.45, 7) is 0. The highest BCUT2D eigenvalue weighted by atomic mass is 31.2. The van der Waals surface area contributed by atoms with Crippen molar-refractivity contribution < 1.29 is 22.8 Å². The lowest BCUT2D eigenvalue weighted by Gasteiger charge is -2.09. The Balaban J connectivity index is 2.32. The van der Waals surface area contributed by atoms with Crippen LogP contribution in [0.5, 0.6) is 0 Å². The third-order valence-corrected chi connectivity index (χ3v) is 4.28. The van der Waals surface area contributed by atoms with E-state index in [9.17, 15) is 9.36 Å². The van der Waals surface area contributed by atoms with Crippen LogP contribution < -0.4 is 0 Å². The Kier molecular flexibility index (Phi) is 4.00. The van der Waals surface area contributed by atoms with Crippen LogP contribution >= 0.6 is 7.60 Å². The number of hydrogen-bond donors (Lipinski definition) is 0. The van der Waals surface area contributed by atoms with Crippen LogP contribution in [0, 0.1) is 0 Å². The summed E-state index contributed by atoms with van der Waals surface area (Å²) in [7, 11) is -1.49. The Hall–Kier alpha value is -1.68. The van der Waals surface area contributed by atoms with Crippen LogP contribution in [0.3, 0.4) is 0 Å². The van der Waals surface area contributed by atoms with Gasteiger partial charge >= 0.3 is 13.1 Å². The number of carbonyl (C=O) groups is 1. The van der Waals surface area contributed by atoms with Crippen LogP contribution in [0.2, 0.25) is 0 Å². The molecule has 0 spiro atoms. The van der Waals surface area contributed by atoms with E-state index < -0.39 is 13.1 Å². The monoisotopic (exact) mass is 280 g/mol. The van der Waals surface area contributed by atoms with Gasteiger partial charge in [0.1, 0.15) is 5.76 Å². The number of hydrogen-bond acceptors (Lipinski definition) is 5. The third kappa shape index (κ3) is 2.68. The lowest BCUT2D eigenvalue weighted by Crippen LogP contribution is -2.02. The van der Waals surface area contributed by atoms with E-state index in [0.29, 0.717) is 5.76 Å². The first-order valence-electron chi connectivity index (χ1n) is 5.52. The first-order valence-corrected chi connectivity index (χ1v) is 7.06. The number of furan rings is 1. The predicted octanol–water partition coefficient (Wildman–Crippen LogP) is 3.57. The Bertz CT molecular complexity index is 609. The Morgan fingerprint density at radius 3 is 2.26 bits per heavy atom. The molecule has 5 nitrogen and oxygen atoms in total. The average molecular weight is 280 g/mol. The minimum absolute atomic E-state index is 0.0501. The molecular formula is C13H13O5P. The summed E-state index contributed by atoms with van der Waals surface area (Å²) >= 11 is 0. The predicted molar refractivity (Wildman–Crippen MR) is 70.1 cm³/mol. The topological polar surface area (TPSA) is 65.7 Å². The molecule has 2 rings (SSSR count). The van der Waals surface area contributed by atoms with E-state index in [1.807, 2.05) is 30.3 Å². The van der Waals surface area contributed by atoms with E-state index in [4.69, 9.17) is 4.42 Å². The smallest absolute Gasteiger partial charge is 0.404 e. The van der Waals surface area contributed by atoms with Gasteiger partial charge in [-0.1, -0.05) is 30.3 Å². The molecule has 0 aliphatic heterocycles.